The molecule has 16 heavy (non-hydrogen) atoms. The molecule has 0 saturated heterocycles. The fourth-order valence-corrected chi connectivity index (χ4v) is 0.798. The first kappa shape index (κ1) is 17.1. The lowest BCUT2D eigenvalue weighted by Crippen LogP contribution is -2.27. The number of hydrogen-bond acceptors (Lipinski definition) is 2. The fraction of sp³-hybridized carbons (Fsp3) is 0.667. The average molecular weight is 228 g/mol. The molecule has 0 aliphatic carbocycles. The van der Waals surface area contributed by atoms with E-state index in [-0.39, 0.29) is 17.7 Å². The molecule has 0 aromatic carbocycles. The second-order valence-electron chi connectivity index (χ2n) is 3.98. The van der Waals surface area contributed by atoms with Crippen LogP contribution in [-0.2, 0) is 9.59 Å². The Morgan fingerprint density at radius 1 is 1.19 bits per heavy atom. The van der Waals surface area contributed by atoms with Gasteiger partial charge in [-0.1, -0.05) is 20.4 Å². The first-order chi connectivity index (χ1) is 7.27. The highest BCUT2D eigenvalue weighted by Gasteiger charge is 2.10. The second-order valence-corrected chi connectivity index (χ2v) is 3.98. The quantitative estimate of drug-likeness (QED) is 0.685. The standard InChI is InChI=1S/C7H15NO.C5H9NO/c1-5-6(2)7(9)8(3)4;1-4-5(7)6(2)3/h6H,5H2,1-4H3;4H,1H2,2-3H3. The molecule has 0 spiro atoms. The molecule has 0 aliphatic rings. The summed E-state index contributed by atoms with van der Waals surface area (Å²) in [6, 6.07) is 0. The van der Waals surface area contributed by atoms with Crippen LogP contribution in [0.3, 0.4) is 0 Å². The number of hydrogen-bond donors (Lipinski definition) is 0. The molecule has 0 aromatic rings. The molecule has 94 valence electrons. The van der Waals surface area contributed by atoms with Crippen LogP contribution >= 0.6 is 0 Å². The maximum absolute atomic E-state index is 11.0. The molecule has 0 rings (SSSR count). The first-order valence-electron chi connectivity index (χ1n) is 5.32. The summed E-state index contributed by atoms with van der Waals surface area (Å²) in [4.78, 5) is 24.4. The Kier molecular flexibility index (Phi) is 9.55. The summed E-state index contributed by atoms with van der Waals surface area (Å²) in [5, 5.41) is 0. The van der Waals surface area contributed by atoms with Crippen molar-refractivity contribution in [2.24, 2.45) is 5.92 Å². The van der Waals surface area contributed by atoms with Gasteiger partial charge in [0.1, 0.15) is 0 Å². The van der Waals surface area contributed by atoms with Gasteiger partial charge in [-0.25, -0.2) is 0 Å². The molecular weight excluding hydrogens is 204 g/mol. The van der Waals surface area contributed by atoms with Crippen molar-refractivity contribution in [3.8, 4) is 0 Å². The Morgan fingerprint density at radius 2 is 1.62 bits per heavy atom. The molecule has 4 heteroatoms. The summed E-state index contributed by atoms with van der Waals surface area (Å²) in [7, 11) is 6.94. The minimum atomic E-state index is -0.0556. The van der Waals surface area contributed by atoms with Crippen molar-refractivity contribution >= 4 is 11.8 Å². The Morgan fingerprint density at radius 3 is 1.69 bits per heavy atom. The molecule has 1 unspecified atom stereocenters. The highest BCUT2D eigenvalue weighted by atomic mass is 16.2. The van der Waals surface area contributed by atoms with Gasteiger partial charge >= 0.3 is 0 Å². The van der Waals surface area contributed by atoms with E-state index in [0.717, 1.165) is 6.42 Å². The van der Waals surface area contributed by atoms with Crippen LogP contribution in [0.15, 0.2) is 12.7 Å². The molecule has 0 N–H and O–H groups in total. The minimum Gasteiger partial charge on any atom is -0.349 e. The van der Waals surface area contributed by atoms with Crippen molar-refractivity contribution in [3.05, 3.63) is 12.7 Å². The van der Waals surface area contributed by atoms with E-state index >= 15 is 0 Å². The summed E-state index contributed by atoms with van der Waals surface area (Å²) in [6.45, 7) is 7.26. The zero-order valence-electron chi connectivity index (χ0n) is 11.3. The molecule has 2 amide bonds. The third kappa shape index (κ3) is 8.03. The van der Waals surface area contributed by atoms with Gasteiger partial charge in [0.2, 0.25) is 11.8 Å². The zero-order valence-corrected chi connectivity index (χ0v) is 11.3. The Hall–Kier alpha value is -1.32. The van der Waals surface area contributed by atoms with Crippen LogP contribution in [0.25, 0.3) is 0 Å². The van der Waals surface area contributed by atoms with Crippen molar-refractivity contribution in [2.75, 3.05) is 28.2 Å². The van der Waals surface area contributed by atoms with Gasteiger partial charge in [0, 0.05) is 34.1 Å². The summed E-state index contributed by atoms with van der Waals surface area (Å²) >= 11 is 0. The third-order valence-electron chi connectivity index (χ3n) is 2.09. The number of nitrogens with zero attached hydrogens (tertiary/aromatic N) is 2. The summed E-state index contributed by atoms with van der Waals surface area (Å²) in [5.41, 5.74) is 0. The Bertz CT molecular complexity index is 235. The van der Waals surface area contributed by atoms with Gasteiger partial charge in [0.05, 0.1) is 0 Å². The summed E-state index contributed by atoms with van der Waals surface area (Å²) in [6.07, 6.45) is 2.21. The Labute approximate surface area is 98.9 Å². The molecule has 0 heterocycles. The van der Waals surface area contributed by atoms with E-state index in [1.807, 2.05) is 13.8 Å². The zero-order chi connectivity index (χ0) is 13.3. The molecule has 0 saturated carbocycles. The van der Waals surface area contributed by atoms with E-state index in [0.29, 0.717) is 0 Å². The fourth-order valence-electron chi connectivity index (χ4n) is 0.798. The molecule has 0 bridgehead atoms. The lowest BCUT2D eigenvalue weighted by atomic mass is 10.1. The van der Waals surface area contributed by atoms with Crippen LogP contribution in [0.5, 0.6) is 0 Å². The van der Waals surface area contributed by atoms with Crippen LogP contribution in [0.1, 0.15) is 20.3 Å². The van der Waals surface area contributed by atoms with Crippen LogP contribution in [0.4, 0.5) is 0 Å². The predicted octanol–water partition coefficient (Wildman–Crippen LogP) is 1.38. The predicted molar refractivity (Wildman–Crippen MR) is 67.0 cm³/mol. The van der Waals surface area contributed by atoms with Gasteiger partial charge < -0.3 is 9.80 Å². The monoisotopic (exact) mass is 228 g/mol. The lowest BCUT2D eigenvalue weighted by molar-refractivity contribution is -0.132. The van der Waals surface area contributed by atoms with Gasteiger partial charge in [-0.05, 0) is 12.5 Å². The number of likely N-dealkylation sites (N-methyl/N-ethyl adjacent to an activating group) is 1. The first-order valence-corrected chi connectivity index (χ1v) is 5.32. The normalized spacial score (nSPS) is 10.6. The van der Waals surface area contributed by atoms with Crippen LogP contribution in [0, 0.1) is 5.92 Å². The van der Waals surface area contributed by atoms with Crippen molar-refractivity contribution in [1.82, 2.24) is 9.80 Å². The maximum atomic E-state index is 11.0. The Balaban J connectivity index is 0. The van der Waals surface area contributed by atoms with Crippen molar-refractivity contribution < 1.29 is 9.59 Å². The maximum Gasteiger partial charge on any atom is 0.245 e. The number of carbonyl (C=O) groups excluding carboxylic acids is 2. The number of amides is 2. The number of rotatable bonds is 3. The average Bonchev–Trinajstić information content (AvgIpc) is 2.26. The van der Waals surface area contributed by atoms with Gasteiger partial charge in [-0.2, -0.15) is 0 Å². The second kappa shape index (κ2) is 8.95. The molecule has 1 atom stereocenters. The number of carbonyl (C=O) groups is 2. The molecular formula is C12H24N2O2. The highest BCUT2D eigenvalue weighted by Crippen LogP contribution is 2.02. The van der Waals surface area contributed by atoms with Gasteiger partial charge in [0.25, 0.3) is 0 Å². The van der Waals surface area contributed by atoms with E-state index in [2.05, 4.69) is 6.58 Å². The van der Waals surface area contributed by atoms with Crippen LogP contribution in [0.2, 0.25) is 0 Å². The largest absolute Gasteiger partial charge is 0.349 e. The lowest BCUT2D eigenvalue weighted by Gasteiger charge is -2.14. The van der Waals surface area contributed by atoms with Gasteiger partial charge in [-0.15, -0.1) is 0 Å². The van der Waals surface area contributed by atoms with Gasteiger partial charge in [0.15, 0.2) is 0 Å². The van der Waals surface area contributed by atoms with E-state index < -0.39 is 0 Å². The SMILES string of the molecule is C=CC(=O)N(C)C.CCC(C)C(=O)N(C)C. The van der Waals surface area contributed by atoms with Crippen LogP contribution in [-0.4, -0.2) is 49.8 Å². The smallest absolute Gasteiger partial charge is 0.245 e. The van der Waals surface area contributed by atoms with E-state index in [1.54, 1.807) is 33.1 Å². The van der Waals surface area contributed by atoms with Crippen LogP contribution < -0.4 is 0 Å². The topological polar surface area (TPSA) is 40.6 Å². The summed E-state index contributed by atoms with van der Waals surface area (Å²) < 4.78 is 0. The highest BCUT2D eigenvalue weighted by molar-refractivity contribution is 5.86. The van der Waals surface area contributed by atoms with Crippen molar-refractivity contribution in [3.63, 3.8) is 0 Å². The van der Waals surface area contributed by atoms with Crippen molar-refractivity contribution in [2.45, 2.75) is 20.3 Å². The molecule has 0 radical (unpaired) electrons. The molecule has 0 fully saturated rings. The van der Waals surface area contributed by atoms with E-state index in [9.17, 15) is 9.59 Å². The molecule has 0 aromatic heterocycles. The minimum absolute atomic E-state index is 0.0556. The third-order valence-corrected chi connectivity index (χ3v) is 2.09. The van der Waals surface area contributed by atoms with E-state index in [1.165, 1.54) is 11.0 Å². The summed E-state index contributed by atoms with van der Waals surface area (Å²) in [5.74, 6) is 0.345. The van der Waals surface area contributed by atoms with E-state index in [4.69, 9.17) is 0 Å². The molecule has 0 aliphatic heterocycles. The van der Waals surface area contributed by atoms with Gasteiger partial charge in [-0.3, -0.25) is 9.59 Å². The molecule has 4 nitrogen and oxygen atoms in total. The van der Waals surface area contributed by atoms with Crippen molar-refractivity contribution in [1.29, 1.82) is 0 Å².